The minimum Gasteiger partial charge on any atom is -0.444 e. The highest BCUT2D eigenvalue weighted by Crippen LogP contribution is 2.33. The van der Waals surface area contributed by atoms with Crippen molar-refractivity contribution in [2.45, 2.75) is 0 Å². The van der Waals surface area contributed by atoms with Gasteiger partial charge in [0.2, 0.25) is 0 Å². The molecule has 0 saturated carbocycles. The van der Waals surface area contributed by atoms with Gasteiger partial charge in [-0.15, -0.1) is 0 Å². The van der Waals surface area contributed by atoms with Crippen LogP contribution in [-0.2, 0) is 0 Å². The number of fused-ring (bicyclic) bond motifs is 1. The molecule has 0 spiro atoms. The third kappa shape index (κ3) is 3.38. The Morgan fingerprint density at radius 1 is 0.969 bits per heavy atom. The number of nitro groups is 1. The van der Waals surface area contributed by atoms with E-state index in [0.29, 0.717) is 27.8 Å². The van der Waals surface area contributed by atoms with E-state index in [1.165, 1.54) is 18.5 Å². The monoisotopic (exact) mass is 488 g/mol. The zero-order valence-electron chi connectivity index (χ0n) is 16.3. The molecule has 0 fully saturated rings. The van der Waals surface area contributed by atoms with Gasteiger partial charge in [-0.05, 0) is 30.3 Å². The summed E-state index contributed by atoms with van der Waals surface area (Å²) in [6.07, 6.45) is 2.95. The highest BCUT2D eigenvalue weighted by atomic mass is 79.9. The van der Waals surface area contributed by atoms with Crippen LogP contribution in [0.15, 0.2) is 93.0 Å². The van der Waals surface area contributed by atoms with E-state index in [-0.39, 0.29) is 11.4 Å². The van der Waals surface area contributed by atoms with Crippen LogP contribution in [0.4, 0.5) is 5.69 Å². The number of oxazole rings is 1. The summed E-state index contributed by atoms with van der Waals surface area (Å²) >= 11 is 3.52. The molecule has 0 amide bonds. The molecule has 3 aromatic carbocycles. The maximum absolute atomic E-state index is 13.3. The van der Waals surface area contributed by atoms with Crippen molar-refractivity contribution < 1.29 is 9.34 Å². The fourth-order valence-corrected chi connectivity index (χ4v) is 4.08. The number of rotatable bonds is 4. The normalized spacial score (nSPS) is 11.0. The van der Waals surface area contributed by atoms with Crippen molar-refractivity contribution in [3.05, 3.63) is 104 Å². The second-order valence-electron chi connectivity index (χ2n) is 6.95. The first kappa shape index (κ1) is 19.8. The Morgan fingerprint density at radius 3 is 2.44 bits per heavy atom. The van der Waals surface area contributed by atoms with Gasteiger partial charge in [0.25, 0.3) is 11.2 Å². The Balaban J connectivity index is 1.84. The van der Waals surface area contributed by atoms with Crippen molar-refractivity contribution >= 4 is 32.4 Å². The molecule has 32 heavy (non-hydrogen) atoms. The van der Waals surface area contributed by atoms with Gasteiger partial charge >= 0.3 is 0 Å². The quantitative estimate of drug-likeness (QED) is 0.248. The fourth-order valence-electron chi connectivity index (χ4n) is 3.59. The van der Waals surface area contributed by atoms with Crippen LogP contribution >= 0.6 is 15.9 Å². The van der Waals surface area contributed by atoms with Gasteiger partial charge in [-0.2, -0.15) is 9.78 Å². The van der Waals surface area contributed by atoms with Crippen LogP contribution in [0.2, 0.25) is 0 Å². The number of benzene rings is 3. The molecule has 8 nitrogen and oxygen atoms in total. The van der Waals surface area contributed by atoms with Gasteiger partial charge in [0.15, 0.2) is 12.2 Å². The lowest BCUT2D eigenvalue weighted by Gasteiger charge is -2.12. The van der Waals surface area contributed by atoms with E-state index in [2.05, 4.69) is 26.0 Å². The lowest BCUT2D eigenvalue weighted by Crippen LogP contribution is -2.23. The average Bonchev–Trinajstić information content (AvgIpc) is 3.34. The molecule has 0 N–H and O–H groups in total. The largest absolute Gasteiger partial charge is 0.444 e. The molecule has 0 unspecified atom stereocenters. The summed E-state index contributed by atoms with van der Waals surface area (Å²) in [4.78, 5) is 28.3. The van der Waals surface area contributed by atoms with Crippen LogP contribution in [0.1, 0.15) is 0 Å². The first-order valence-electron chi connectivity index (χ1n) is 9.48. The van der Waals surface area contributed by atoms with Crippen LogP contribution in [0.25, 0.3) is 39.0 Å². The molecular weight excluding hydrogens is 476 g/mol. The van der Waals surface area contributed by atoms with Gasteiger partial charge in [0.05, 0.1) is 22.2 Å². The second kappa shape index (κ2) is 7.86. The molecule has 9 heteroatoms. The summed E-state index contributed by atoms with van der Waals surface area (Å²) in [5.41, 5.74) is 1.42. The summed E-state index contributed by atoms with van der Waals surface area (Å²) in [6, 6.07) is 18.7. The van der Waals surface area contributed by atoms with Crippen molar-refractivity contribution in [2.75, 3.05) is 0 Å². The lowest BCUT2D eigenvalue weighted by molar-refractivity contribution is -0.384. The Hall–Kier alpha value is -4.11. The van der Waals surface area contributed by atoms with Gasteiger partial charge in [-0.3, -0.25) is 14.9 Å². The summed E-state index contributed by atoms with van der Waals surface area (Å²) < 4.78 is 7.29. The van der Waals surface area contributed by atoms with Crippen molar-refractivity contribution in [3.63, 3.8) is 0 Å². The number of aromatic nitrogens is 3. The molecule has 0 saturated heterocycles. The predicted molar refractivity (Wildman–Crippen MR) is 123 cm³/mol. The molecule has 0 bridgehead atoms. The summed E-state index contributed by atoms with van der Waals surface area (Å²) in [5.74, 6) is 0.573. The summed E-state index contributed by atoms with van der Waals surface area (Å²) in [6.45, 7) is 0. The van der Waals surface area contributed by atoms with Gasteiger partial charge in [-0.25, -0.2) is 4.98 Å². The zero-order valence-corrected chi connectivity index (χ0v) is 17.9. The summed E-state index contributed by atoms with van der Waals surface area (Å²) in [5, 5.41) is 17.2. The van der Waals surface area contributed by atoms with Crippen LogP contribution in [0.3, 0.4) is 0 Å². The van der Waals surface area contributed by atoms with Crippen LogP contribution in [-0.4, -0.2) is 19.7 Å². The van der Waals surface area contributed by atoms with E-state index < -0.39 is 10.5 Å². The van der Waals surface area contributed by atoms with Gasteiger partial charge in [-0.1, -0.05) is 46.3 Å². The van der Waals surface area contributed by atoms with E-state index in [4.69, 9.17) is 4.42 Å². The molecule has 156 valence electrons. The third-order valence-corrected chi connectivity index (χ3v) is 5.46. The minimum absolute atomic E-state index is 0.0972. The van der Waals surface area contributed by atoms with E-state index in [1.54, 1.807) is 36.5 Å². The molecule has 0 aliphatic heterocycles. The Morgan fingerprint density at radius 2 is 1.69 bits per heavy atom. The Bertz CT molecular complexity index is 1540. The maximum atomic E-state index is 13.3. The van der Waals surface area contributed by atoms with Crippen LogP contribution in [0.5, 0.6) is 0 Å². The first-order chi connectivity index (χ1) is 15.5. The first-order valence-corrected chi connectivity index (χ1v) is 10.3. The van der Waals surface area contributed by atoms with E-state index in [9.17, 15) is 14.9 Å². The number of halogens is 1. The summed E-state index contributed by atoms with van der Waals surface area (Å²) in [7, 11) is 0. The minimum atomic E-state index is -0.528. The maximum Gasteiger partial charge on any atom is 0.295 e. The highest BCUT2D eigenvalue weighted by molar-refractivity contribution is 9.10. The number of nitrogens with zero attached hydrogens (tertiary/aromatic N) is 4. The number of nitro benzene ring substituents is 1. The molecule has 0 aliphatic carbocycles. The molecule has 2 aromatic heterocycles. The predicted octanol–water partition coefficient (Wildman–Crippen LogP) is 5.38. The highest BCUT2D eigenvalue weighted by Gasteiger charge is 2.20. The van der Waals surface area contributed by atoms with E-state index >= 15 is 0 Å². The second-order valence-corrected chi connectivity index (χ2v) is 7.87. The SMILES string of the molecule is O=c1c2ccccc2c(-c2cc(Br)cc(-c3cnco3)c2)nn1-c1ccccc1[N+](=O)[O-]. The van der Waals surface area contributed by atoms with Gasteiger partial charge in [0.1, 0.15) is 5.69 Å². The molecule has 0 radical (unpaired) electrons. The molecule has 0 atom stereocenters. The Labute approximate surface area is 189 Å². The number of hydrogen-bond acceptors (Lipinski definition) is 6. The number of hydrogen-bond donors (Lipinski definition) is 0. The topological polar surface area (TPSA) is 104 Å². The van der Waals surface area contributed by atoms with Crippen LogP contribution in [0, 0.1) is 10.1 Å². The molecule has 5 aromatic rings. The third-order valence-electron chi connectivity index (χ3n) is 5.00. The van der Waals surface area contributed by atoms with E-state index in [1.807, 2.05) is 24.3 Å². The molecule has 2 heterocycles. The standard InChI is InChI=1S/C23H13BrN4O4/c24-16-10-14(21-12-25-13-32-21)9-15(11-16)22-17-5-1-2-6-18(17)23(29)27(26-22)19-7-3-4-8-20(19)28(30)31/h1-13H. The van der Waals surface area contributed by atoms with Crippen LogP contribution < -0.4 is 5.56 Å². The smallest absolute Gasteiger partial charge is 0.295 e. The number of para-hydroxylation sites is 2. The lowest BCUT2D eigenvalue weighted by atomic mass is 10.0. The van der Waals surface area contributed by atoms with E-state index in [0.717, 1.165) is 14.7 Å². The Kier molecular flexibility index (Phi) is 4.87. The molecule has 0 aliphatic rings. The fraction of sp³-hybridized carbons (Fsp3) is 0. The van der Waals surface area contributed by atoms with Crippen molar-refractivity contribution in [1.29, 1.82) is 0 Å². The molecule has 5 rings (SSSR count). The zero-order chi connectivity index (χ0) is 22.2. The average molecular weight is 489 g/mol. The van der Waals surface area contributed by atoms with Crippen molar-refractivity contribution in [1.82, 2.24) is 14.8 Å². The molecular formula is C23H13BrN4O4. The van der Waals surface area contributed by atoms with Crippen molar-refractivity contribution in [3.8, 4) is 28.3 Å². The van der Waals surface area contributed by atoms with Gasteiger partial charge < -0.3 is 4.42 Å². The van der Waals surface area contributed by atoms with Crippen molar-refractivity contribution in [2.24, 2.45) is 0 Å². The van der Waals surface area contributed by atoms with Gasteiger partial charge in [0, 0.05) is 27.1 Å².